The van der Waals surface area contributed by atoms with Gasteiger partial charge in [-0.15, -0.1) is 11.3 Å². The quantitative estimate of drug-likeness (QED) is 0.786. The van der Waals surface area contributed by atoms with Crippen LogP contribution in [0, 0.1) is 13.8 Å². The summed E-state index contributed by atoms with van der Waals surface area (Å²) in [5, 5.41) is 9.82. The van der Waals surface area contributed by atoms with E-state index < -0.39 is 19.1 Å². The molecule has 0 amide bonds. The molecule has 5 heteroatoms. The second kappa shape index (κ2) is 6.27. The number of thiophene rings is 1. The molecule has 0 saturated heterocycles. The summed E-state index contributed by atoms with van der Waals surface area (Å²) in [5.74, 6) is 0. The van der Waals surface area contributed by atoms with E-state index in [-0.39, 0.29) is 6.61 Å². The Morgan fingerprint density at radius 2 is 2.12 bits per heavy atom. The smallest absolute Gasteiger partial charge is 0.261 e. The largest absolute Gasteiger partial charge is 0.388 e. The molecule has 1 rings (SSSR count). The van der Waals surface area contributed by atoms with Gasteiger partial charge < -0.3 is 9.84 Å². The van der Waals surface area contributed by atoms with Crippen molar-refractivity contribution in [1.82, 2.24) is 0 Å². The number of hydrogen-bond donors (Lipinski definition) is 1. The zero-order chi connectivity index (χ0) is 12.1. The van der Waals surface area contributed by atoms with Crippen LogP contribution in [-0.2, 0) is 4.74 Å². The number of hydrogen-bond acceptors (Lipinski definition) is 3. The van der Waals surface area contributed by atoms with Gasteiger partial charge >= 0.3 is 0 Å². The third kappa shape index (κ3) is 4.15. The van der Waals surface area contributed by atoms with Crippen LogP contribution in [-0.4, -0.2) is 24.7 Å². The number of halogens is 2. The molecular formula is C11H16F2O2S. The third-order valence-corrected chi connectivity index (χ3v) is 3.20. The number of alkyl halides is 2. The van der Waals surface area contributed by atoms with Crippen LogP contribution in [0.1, 0.15) is 27.8 Å². The zero-order valence-electron chi connectivity index (χ0n) is 9.37. The van der Waals surface area contributed by atoms with Gasteiger partial charge in [-0.25, -0.2) is 8.78 Å². The molecule has 0 aliphatic heterocycles. The molecule has 0 aliphatic rings. The van der Waals surface area contributed by atoms with Gasteiger partial charge in [-0.05, 0) is 25.5 Å². The maximum absolute atomic E-state index is 11.8. The highest BCUT2D eigenvalue weighted by Crippen LogP contribution is 2.27. The molecule has 1 aromatic rings. The van der Waals surface area contributed by atoms with Crippen molar-refractivity contribution in [2.24, 2.45) is 0 Å². The minimum atomic E-state index is -2.44. The Kier molecular flexibility index (Phi) is 5.31. The molecule has 1 unspecified atom stereocenters. The summed E-state index contributed by atoms with van der Waals surface area (Å²) in [7, 11) is 0. The van der Waals surface area contributed by atoms with Gasteiger partial charge in [0.25, 0.3) is 6.43 Å². The highest BCUT2D eigenvalue weighted by molar-refractivity contribution is 7.12. The molecule has 1 N–H and O–H groups in total. The molecule has 2 nitrogen and oxygen atoms in total. The van der Waals surface area contributed by atoms with Crippen LogP contribution in [0.5, 0.6) is 0 Å². The predicted octanol–water partition coefficient (Wildman–Crippen LogP) is 3.07. The second-order valence-electron chi connectivity index (χ2n) is 3.64. The van der Waals surface area contributed by atoms with Gasteiger partial charge in [-0.3, -0.25) is 0 Å². The third-order valence-electron chi connectivity index (χ3n) is 2.22. The second-order valence-corrected chi connectivity index (χ2v) is 5.10. The summed E-state index contributed by atoms with van der Waals surface area (Å²) in [5.41, 5.74) is 0.878. The van der Waals surface area contributed by atoms with Crippen LogP contribution in [0.3, 0.4) is 0 Å². The number of rotatable bonds is 6. The monoisotopic (exact) mass is 250 g/mol. The van der Waals surface area contributed by atoms with E-state index >= 15 is 0 Å². The van der Waals surface area contributed by atoms with Crippen LogP contribution >= 0.6 is 11.3 Å². The maximum atomic E-state index is 11.8. The molecule has 0 fully saturated rings. The maximum Gasteiger partial charge on any atom is 0.261 e. The lowest BCUT2D eigenvalue weighted by Crippen LogP contribution is -2.08. The van der Waals surface area contributed by atoms with Crippen molar-refractivity contribution in [2.75, 3.05) is 13.2 Å². The average molecular weight is 250 g/mol. The van der Waals surface area contributed by atoms with Crippen molar-refractivity contribution in [3.05, 3.63) is 21.4 Å². The number of aliphatic hydroxyl groups is 1. The van der Waals surface area contributed by atoms with Crippen LogP contribution in [0.2, 0.25) is 0 Å². The Bertz CT molecular complexity index is 326. The minimum absolute atomic E-state index is 0.153. The fourth-order valence-electron chi connectivity index (χ4n) is 1.50. The number of aliphatic hydroxyl groups excluding tert-OH is 1. The first kappa shape index (κ1) is 13.5. The Hall–Kier alpha value is -0.520. The van der Waals surface area contributed by atoms with E-state index in [0.29, 0.717) is 6.42 Å². The van der Waals surface area contributed by atoms with Crippen molar-refractivity contribution >= 4 is 11.3 Å². The minimum Gasteiger partial charge on any atom is -0.388 e. The number of aryl methyl sites for hydroxylation is 2. The highest BCUT2D eigenvalue weighted by Gasteiger charge is 2.13. The van der Waals surface area contributed by atoms with Crippen molar-refractivity contribution < 1.29 is 18.6 Å². The zero-order valence-corrected chi connectivity index (χ0v) is 10.2. The fourth-order valence-corrected chi connectivity index (χ4v) is 2.49. The Morgan fingerprint density at radius 1 is 1.44 bits per heavy atom. The molecule has 0 aliphatic carbocycles. The van der Waals surface area contributed by atoms with Gasteiger partial charge in [-0.2, -0.15) is 0 Å². The molecule has 0 aromatic carbocycles. The lowest BCUT2D eigenvalue weighted by atomic mass is 10.1. The Morgan fingerprint density at radius 3 is 2.62 bits per heavy atom. The van der Waals surface area contributed by atoms with E-state index in [0.717, 1.165) is 15.3 Å². The highest BCUT2D eigenvalue weighted by atomic mass is 32.1. The lowest BCUT2D eigenvalue weighted by molar-refractivity contribution is 0.00480. The summed E-state index contributed by atoms with van der Waals surface area (Å²) in [6, 6.07) is 1.93. The number of ether oxygens (including phenoxy) is 1. The van der Waals surface area contributed by atoms with Gasteiger partial charge in [0, 0.05) is 22.8 Å². The first-order valence-electron chi connectivity index (χ1n) is 5.11. The Labute approximate surface area is 97.9 Å². The molecule has 0 radical (unpaired) electrons. The molecule has 92 valence electrons. The van der Waals surface area contributed by atoms with E-state index in [1.54, 1.807) is 11.3 Å². The van der Waals surface area contributed by atoms with E-state index in [1.807, 2.05) is 19.9 Å². The average Bonchev–Trinajstić information content (AvgIpc) is 2.52. The van der Waals surface area contributed by atoms with Crippen molar-refractivity contribution in [3.8, 4) is 0 Å². The van der Waals surface area contributed by atoms with Gasteiger partial charge in [0.05, 0.1) is 6.10 Å². The van der Waals surface area contributed by atoms with E-state index in [4.69, 9.17) is 4.74 Å². The molecule has 16 heavy (non-hydrogen) atoms. The predicted molar refractivity (Wildman–Crippen MR) is 60.2 cm³/mol. The van der Waals surface area contributed by atoms with Crippen LogP contribution in [0.25, 0.3) is 0 Å². The Balaban J connectivity index is 2.35. The van der Waals surface area contributed by atoms with E-state index in [9.17, 15) is 13.9 Å². The summed E-state index contributed by atoms with van der Waals surface area (Å²) in [4.78, 5) is 2.21. The summed E-state index contributed by atoms with van der Waals surface area (Å²) in [6.07, 6.45) is -2.71. The van der Waals surface area contributed by atoms with Crippen molar-refractivity contribution in [2.45, 2.75) is 32.8 Å². The van der Waals surface area contributed by atoms with E-state index in [1.165, 1.54) is 0 Å². The van der Waals surface area contributed by atoms with Crippen molar-refractivity contribution in [3.63, 3.8) is 0 Å². The standard InChI is InChI=1S/C11H16F2O2S/c1-7-5-9(8(2)16-7)10(14)3-4-15-6-11(12)13/h5,10-11,14H,3-4,6H2,1-2H3. The SMILES string of the molecule is Cc1cc(C(O)CCOCC(F)F)c(C)s1. The van der Waals surface area contributed by atoms with Gasteiger partial charge in [0.15, 0.2) is 0 Å². The summed E-state index contributed by atoms with van der Waals surface area (Å²) >= 11 is 1.62. The molecule has 0 bridgehead atoms. The van der Waals surface area contributed by atoms with Gasteiger partial charge in [0.1, 0.15) is 6.61 Å². The summed E-state index contributed by atoms with van der Waals surface area (Å²) < 4.78 is 28.3. The molecule has 1 aromatic heterocycles. The van der Waals surface area contributed by atoms with Crippen LogP contribution < -0.4 is 0 Å². The molecule has 0 spiro atoms. The van der Waals surface area contributed by atoms with Gasteiger partial charge in [0.2, 0.25) is 0 Å². The molecule has 0 saturated carbocycles. The summed E-state index contributed by atoms with van der Waals surface area (Å²) in [6.45, 7) is 3.51. The lowest BCUT2D eigenvalue weighted by Gasteiger charge is -2.10. The van der Waals surface area contributed by atoms with Crippen LogP contribution in [0.15, 0.2) is 6.07 Å². The fraction of sp³-hybridized carbons (Fsp3) is 0.636. The topological polar surface area (TPSA) is 29.5 Å². The van der Waals surface area contributed by atoms with E-state index in [2.05, 4.69) is 0 Å². The normalized spacial score (nSPS) is 13.4. The molecule has 1 atom stereocenters. The van der Waals surface area contributed by atoms with Gasteiger partial charge in [-0.1, -0.05) is 0 Å². The molecule has 1 heterocycles. The van der Waals surface area contributed by atoms with Crippen LogP contribution in [0.4, 0.5) is 8.78 Å². The van der Waals surface area contributed by atoms with Crippen molar-refractivity contribution in [1.29, 1.82) is 0 Å². The molecular weight excluding hydrogens is 234 g/mol. The first-order chi connectivity index (χ1) is 7.50. The first-order valence-corrected chi connectivity index (χ1v) is 5.93.